The summed E-state index contributed by atoms with van der Waals surface area (Å²) < 4.78 is 6.22. The lowest BCUT2D eigenvalue weighted by Crippen LogP contribution is -2.19. The molecule has 0 spiro atoms. The number of nitrogens with one attached hydrogen (secondary N) is 1. The summed E-state index contributed by atoms with van der Waals surface area (Å²) in [6.07, 6.45) is 5.62. The second-order valence-electron chi connectivity index (χ2n) is 4.74. The van der Waals surface area contributed by atoms with Gasteiger partial charge in [0, 0.05) is 41.1 Å². The Morgan fingerprint density at radius 3 is 3.05 bits per heavy atom. The smallest absolute Gasteiger partial charge is 0.146 e. The molecule has 0 saturated carbocycles. The number of benzene rings is 1. The Balaban J connectivity index is 1.78. The van der Waals surface area contributed by atoms with Crippen LogP contribution in [0.5, 0.6) is 0 Å². The Labute approximate surface area is 126 Å². The number of hydrogen-bond acceptors (Lipinski definition) is 5. The molecule has 1 N–H and O–H groups in total. The van der Waals surface area contributed by atoms with Crippen LogP contribution in [-0.4, -0.2) is 32.8 Å². The van der Waals surface area contributed by atoms with Gasteiger partial charge in [0.1, 0.15) is 11.7 Å². The van der Waals surface area contributed by atoms with Crippen LogP contribution >= 0.6 is 11.5 Å². The van der Waals surface area contributed by atoms with Crippen molar-refractivity contribution >= 4 is 17.4 Å². The van der Waals surface area contributed by atoms with E-state index in [1.165, 1.54) is 11.5 Å². The van der Waals surface area contributed by atoms with Crippen molar-refractivity contribution in [2.24, 2.45) is 4.99 Å². The van der Waals surface area contributed by atoms with E-state index in [1.807, 2.05) is 30.0 Å². The van der Waals surface area contributed by atoms with Crippen molar-refractivity contribution < 1.29 is 0 Å². The third-order valence-electron chi connectivity index (χ3n) is 3.40. The van der Waals surface area contributed by atoms with Crippen LogP contribution in [0.3, 0.4) is 0 Å². The molecule has 0 atom stereocenters. The first kappa shape index (κ1) is 12.3. The van der Waals surface area contributed by atoms with Crippen molar-refractivity contribution in [3.8, 4) is 17.1 Å². The van der Waals surface area contributed by atoms with Crippen molar-refractivity contribution in [1.82, 2.24) is 19.2 Å². The highest BCUT2D eigenvalue weighted by Crippen LogP contribution is 2.22. The van der Waals surface area contributed by atoms with E-state index >= 15 is 0 Å². The Morgan fingerprint density at radius 1 is 1.24 bits per heavy atom. The van der Waals surface area contributed by atoms with E-state index in [-0.39, 0.29) is 0 Å². The van der Waals surface area contributed by atoms with E-state index in [9.17, 15) is 0 Å². The number of nitrogens with zero attached hydrogens (tertiary/aromatic N) is 4. The van der Waals surface area contributed by atoms with Crippen molar-refractivity contribution in [2.75, 3.05) is 13.1 Å². The lowest BCUT2D eigenvalue weighted by molar-refractivity contribution is 0.960. The standard InChI is InChI=1S/C15H13N5S/c1-2-11(14-16-4-5-17-14)8-13(3-1)20-7-6-18-15(20)12-9-19-21-10-12/h1-3,6-10H,4-5H2,(H,16,17). The highest BCUT2D eigenvalue weighted by Gasteiger charge is 2.12. The predicted molar refractivity (Wildman–Crippen MR) is 84.1 cm³/mol. The lowest BCUT2D eigenvalue weighted by Gasteiger charge is -2.09. The average Bonchev–Trinajstić information content (AvgIpc) is 3.26. The molecule has 3 heterocycles. The number of aromatic nitrogens is 3. The molecular weight excluding hydrogens is 282 g/mol. The van der Waals surface area contributed by atoms with E-state index in [0.717, 1.165) is 41.6 Å². The van der Waals surface area contributed by atoms with E-state index in [2.05, 4.69) is 42.4 Å². The molecule has 1 aliphatic rings. The van der Waals surface area contributed by atoms with E-state index < -0.39 is 0 Å². The molecule has 4 rings (SSSR count). The molecule has 104 valence electrons. The molecule has 21 heavy (non-hydrogen) atoms. The van der Waals surface area contributed by atoms with E-state index in [4.69, 9.17) is 0 Å². The normalized spacial score (nSPS) is 14.0. The van der Waals surface area contributed by atoms with Gasteiger partial charge in [0.15, 0.2) is 0 Å². The summed E-state index contributed by atoms with van der Waals surface area (Å²) in [5.74, 6) is 1.87. The van der Waals surface area contributed by atoms with Gasteiger partial charge in [-0.15, -0.1) is 0 Å². The molecule has 2 aromatic heterocycles. The fraction of sp³-hybridized carbons (Fsp3) is 0.133. The Hall–Kier alpha value is -2.47. The molecule has 0 amide bonds. The fourth-order valence-electron chi connectivity index (χ4n) is 2.43. The molecule has 3 aromatic rings. The molecule has 1 aliphatic heterocycles. The van der Waals surface area contributed by atoms with Gasteiger partial charge in [-0.2, -0.15) is 0 Å². The van der Waals surface area contributed by atoms with Gasteiger partial charge in [0.05, 0.1) is 12.7 Å². The number of hydrogen-bond donors (Lipinski definition) is 1. The van der Waals surface area contributed by atoms with Gasteiger partial charge in [-0.3, -0.25) is 9.56 Å². The van der Waals surface area contributed by atoms with Gasteiger partial charge in [0.25, 0.3) is 0 Å². The maximum Gasteiger partial charge on any atom is 0.146 e. The van der Waals surface area contributed by atoms with Crippen LogP contribution in [0.15, 0.2) is 53.2 Å². The Morgan fingerprint density at radius 2 is 2.24 bits per heavy atom. The van der Waals surface area contributed by atoms with Crippen molar-refractivity contribution in [2.45, 2.75) is 0 Å². The SMILES string of the molecule is c1cc(C2=NCCN2)cc(-n2ccnc2-c2cnsc2)c1. The topological polar surface area (TPSA) is 55.1 Å². The first-order valence-corrected chi connectivity index (χ1v) is 7.58. The van der Waals surface area contributed by atoms with Gasteiger partial charge >= 0.3 is 0 Å². The van der Waals surface area contributed by atoms with Crippen molar-refractivity contribution in [3.63, 3.8) is 0 Å². The maximum absolute atomic E-state index is 4.47. The van der Waals surface area contributed by atoms with Crippen molar-refractivity contribution in [1.29, 1.82) is 0 Å². The van der Waals surface area contributed by atoms with Gasteiger partial charge in [-0.1, -0.05) is 12.1 Å². The van der Waals surface area contributed by atoms with Gasteiger partial charge < -0.3 is 5.32 Å². The largest absolute Gasteiger partial charge is 0.368 e. The van der Waals surface area contributed by atoms with E-state index in [0.29, 0.717) is 0 Å². The van der Waals surface area contributed by atoms with Crippen molar-refractivity contribution in [3.05, 3.63) is 53.8 Å². The van der Waals surface area contributed by atoms with Crippen LogP contribution in [-0.2, 0) is 0 Å². The number of imidazole rings is 1. The zero-order chi connectivity index (χ0) is 14.1. The third kappa shape index (κ3) is 2.23. The minimum Gasteiger partial charge on any atom is -0.368 e. The summed E-state index contributed by atoms with van der Waals surface area (Å²) in [5, 5.41) is 5.31. The molecule has 5 nitrogen and oxygen atoms in total. The highest BCUT2D eigenvalue weighted by atomic mass is 32.1. The zero-order valence-corrected chi connectivity index (χ0v) is 12.0. The van der Waals surface area contributed by atoms with Crippen LogP contribution in [0.2, 0.25) is 0 Å². The van der Waals surface area contributed by atoms with Crippen LogP contribution in [0.25, 0.3) is 17.1 Å². The molecule has 0 bridgehead atoms. The molecule has 0 radical (unpaired) electrons. The van der Waals surface area contributed by atoms with E-state index in [1.54, 1.807) is 0 Å². The molecule has 0 fully saturated rings. The van der Waals surface area contributed by atoms with Crippen LogP contribution < -0.4 is 5.32 Å². The lowest BCUT2D eigenvalue weighted by atomic mass is 10.1. The van der Waals surface area contributed by atoms with Gasteiger partial charge in [-0.05, 0) is 23.7 Å². The second kappa shape index (κ2) is 5.14. The third-order valence-corrected chi connectivity index (χ3v) is 3.99. The average molecular weight is 295 g/mol. The quantitative estimate of drug-likeness (QED) is 0.807. The fourth-order valence-corrected chi connectivity index (χ4v) is 2.95. The van der Waals surface area contributed by atoms with Gasteiger partial charge in [-0.25, -0.2) is 9.36 Å². The number of rotatable bonds is 3. The molecular formula is C15H13N5S. The number of aliphatic imine (C=N–C) groups is 1. The summed E-state index contributed by atoms with van der Waals surface area (Å²) >= 11 is 1.43. The minimum absolute atomic E-state index is 0.844. The zero-order valence-electron chi connectivity index (χ0n) is 11.2. The summed E-state index contributed by atoms with van der Waals surface area (Å²) in [7, 11) is 0. The molecule has 1 aromatic carbocycles. The first-order valence-electron chi connectivity index (χ1n) is 6.74. The Bertz CT molecular complexity index is 788. The van der Waals surface area contributed by atoms with Crippen LogP contribution in [0, 0.1) is 0 Å². The summed E-state index contributed by atoms with van der Waals surface area (Å²) in [6, 6.07) is 8.32. The summed E-state index contributed by atoms with van der Waals surface area (Å²) in [6.45, 7) is 1.76. The molecule has 6 heteroatoms. The molecule has 0 aliphatic carbocycles. The molecule has 0 unspecified atom stereocenters. The molecule has 0 saturated heterocycles. The first-order chi connectivity index (χ1) is 10.4. The number of amidine groups is 1. The monoisotopic (exact) mass is 295 g/mol. The summed E-state index contributed by atoms with van der Waals surface area (Å²) in [5.41, 5.74) is 3.21. The summed E-state index contributed by atoms with van der Waals surface area (Å²) in [4.78, 5) is 8.92. The Kier molecular flexibility index (Phi) is 3.01. The predicted octanol–water partition coefficient (Wildman–Crippen LogP) is 2.35. The van der Waals surface area contributed by atoms with Crippen LogP contribution in [0.4, 0.5) is 0 Å². The second-order valence-corrected chi connectivity index (χ2v) is 5.40. The highest BCUT2D eigenvalue weighted by molar-refractivity contribution is 7.03. The minimum atomic E-state index is 0.844. The van der Waals surface area contributed by atoms with Crippen LogP contribution in [0.1, 0.15) is 5.56 Å². The van der Waals surface area contributed by atoms with Gasteiger partial charge in [0.2, 0.25) is 0 Å². The maximum atomic E-state index is 4.47.